The van der Waals surface area contributed by atoms with Gasteiger partial charge in [0.25, 0.3) is 0 Å². The third-order valence-electron chi connectivity index (χ3n) is 4.79. The van der Waals surface area contributed by atoms with Gasteiger partial charge >= 0.3 is 6.03 Å². The number of carbonyl (C=O) groups excluding carboxylic acids is 1. The molecule has 2 saturated heterocycles. The Morgan fingerprint density at radius 2 is 1.90 bits per heavy atom. The maximum Gasteiger partial charge on any atom is 0.317 e. The molecule has 2 atom stereocenters. The number of rotatable bonds is 3. The van der Waals surface area contributed by atoms with Crippen LogP contribution in [0.15, 0.2) is 0 Å². The van der Waals surface area contributed by atoms with Gasteiger partial charge in [-0.05, 0) is 44.2 Å². The van der Waals surface area contributed by atoms with E-state index >= 15 is 0 Å². The molecular formula is C15H29N3O2. The molecule has 0 aromatic heterocycles. The van der Waals surface area contributed by atoms with E-state index in [9.17, 15) is 9.90 Å². The SMILES string of the molecule is CC1CCN(CCNC(=O)N2CCC(C)C(O)C2)CC1. The van der Waals surface area contributed by atoms with Crippen molar-refractivity contribution in [2.75, 3.05) is 39.3 Å². The Labute approximate surface area is 122 Å². The normalized spacial score (nSPS) is 29.4. The van der Waals surface area contributed by atoms with E-state index in [1.165, 1.54) is 12.8 Å². The second-order valence-corrected chi connectivity index (χ2v) is 6.54. The molecule has 2 aliphatic rings. The number of β-amino-alcohol motifs (C(OH)–C–C–N with tert-alkyl or cyclic N) is 1. The number of likely N-dealkylation sites (tertiary alicyclic amines) is 2. The summed E-state index contributed by atoms with van der Waals surface area (Å²) in [5, 5.41) is 12.8. The molecule has 2 fully saturated rings. The second kappa shape index (κ2) is 7.27. The first-order valence-corrected chi connectivity index (χ1v) is 7.99. The van der Waals surface area contributed by atoms with Crippen molar-refractivity contribution in [2.24, 2.45) is 11.8 Å². The Morgan fingerprint density at radius 1 is 1.20 bits per heavy atom. The van der Waals surface area contributed by atoms with Crippen LogP contribution in [-0.2, 0) is 0 Å². The van der Waals surface area contributed by atoms with Crippen molar-refractivity contribution in [1.29, 1.82) is 0 Å². The van der Waals surface area contributed by atoms with Crippen LogP contribution < -0.4 is 5.32 Å². The van der Waals surface area contributed by atoms with Gasteiger partial charge < -0.3 is 20.2 Å². The molecule has 2 heterocycles. The van der Waals surface area contributed by atoms with Crippen LogP contribution in [0.3, 0.4) is 0 Å². The fraction of sp³-hybridized carbons (Fsp3) is 0.933. The van der Waals surface area contributed by atoms with Gasteiger partial charge in [0.2, 0.25) is 0 Å². The number of urea groups is 1. The molecule has 0 bridgehead atoms. The van der Waals surface area contributed by atoms with Crippen LogP contribution >= 0.6 is 0 Å². The number of piperidine rings is 2. The number of carbonyl (C=O) groups is 1. The highest BCUT2D eigenvalue weighted by molar-refractivity contribution is 5.74. The molecule has 2 unspecified atom stereocenters. The largest absolute Gasteiger partial charge is 0.391 e. The van der Waals surface area contributed by atoms with Crippen molar-refractivity contribution in [1.82, 2.24) is 15.1 Å². The molecular weight excluding hydrogens is 254 g/mol. The first-order chi connectivity index (χ1) is 9.56. The summed E-state index contributed by atoms with van der Waals surface area (Å²) in [5.41, 5.74) is 0. The summed E-state index contributed by atoms with van der Waals surface area (Å²) in [6.07, 6.45) is 3.05. The lowest BCUT2D eigenvalue weighted by molar-refractivity contribution is 0.0434. The van der Waals surface area contributed by atoms with Gasteiger partial charge in [-0.15, -0.1) is 0 Å². The zero-order valence-electron chi connectivity index (χ0n) is 12.8. The van der Waals surface area contributed by atoms with Crippen molar-refractivity contribution in [2.45, 2.75) is 39.2 Å². The summed E-state index contributed by atoms with van der Waals surface area (Å²) < 4.78 is 0. The van der Waals surface area contributed by atoms with Crippen LogP contribution in [0.4, 0.5) is 4.79 Å². The van der Waals surface area contributed by atoms with Gasteiger partial charge in [0, 0.05) is 26.2 Å². The Kier molecular flexibility index (Phi) is 5.66. The molecule has 0 aromatic rings. The Bertz CT molecular complexity index is 316. The van der Waals surface area contributed by atoms with Gasteiger partial charge in [0.1, 0.15) is 0 Å². The third-order valence-corrected chi connectivity index (χ3v) is 4.79. The number of nitrogens with one attached hydrogen (secondary N) is 1. The number of nitrogens with zero attached hydrogens (tertiary/aromatic N) is 2. The predicted octanol–water partition coefficient (Wildman–Crippen LogP) is 1.13. The van der Waals surface area contributed by atoms with Gasteiger partial charge in [0.15, 0.2) is 0 Å². The molecule has 0 saturated carbocycles. The van der Waals surface area contributed by atoms with E-state index in [2.05, 4.69) is 17.1 Å². The quantitative estimate of drug-likeness (QED) is 0.816. The first-order valence-electron chi connectivity index (χ1n) is 7.99. The van der Waals surface area contributed by atoms with E-state index in [1.54, 1.807) is 4.90 Å². The topological polar surface area (TPSA) is 55.8 Å². The van der Waals surface area contributed by atoms with E-state index in [1.807, 2.05) is 6.92 Å². The highest BCUT2D eigenvalue weighted by Gasteiger charge is 2.27. The summed E-state index contributed by atoms with van der Waals surface area (Å²) in [7, 11) is 0. The molecule has 2 rings (SSSR count). The molecule has 5 heteroatoms. The standard InChI is InChI=1S/C15H29N3O2/c1-12-3-7-17(8-4-12)10-6-16-15(20)18-9-5-13(2)14(19)11-18/h12-14,19H,3-11H2,1-2H3,(H,16,20). The monoisotopic (exact) mass is 283 g/mol. The van der Waals surface area contributed by atoms with Gasteiger partial charge in [0.05, 0.1) is 6.10 Å². The molecule has 5 nitrogen and oxygen atoms in total. The molecule has 2 amide bonds. The highest BCUT2D eigenvalue weighted by atomic mass is 16.3. The maximum atomic E-state index is 12.0. The third kappa shape index (κ3) is 4.35. The van der Waals surface area contributed by atoms with Gasteiger partial charge in [-0.1, -0.05) is 13.8 Å². The summed E-state index contributed by atoms with van der Waals surface area (Å²) in [6, 6.07) is -0.0265. The zero-order chi connectivity index (χ0) is 14.5. The summed E-state index contributed by atoms with van der Waals surface area (Å²) in [4.78, 5) is 16.2. The number of aliphatic hydroxyl groups excluding tert-OH is 1. The number of amides is 2. The van der Waals surface area contributed by atoms with Gasteiger partial charge in [-0.3, -0.25) is 0 Å². The van der Waals surface area contributed by atoms with Crippen LogP contribution in [0.5, 0.6) is 0 Å². The average Bonchev–Trinajstić information content (AvgIpc) is 2.44. The molecule has 0 spiro atoms. The fourth-order valence-corrected chi connectivity index (χ4v) is 2.95. The molecule has 20 heavy (non-hydrogen) atoms. The van der Waals surface area contributed by atoms with E-state index in [0.717, 1.165) is 38.5 Å². The molecule has 0 aliphatic carbocycles. The van der Waals surface area contributed by atoms with E-state index in [-0.39, 0.29) is 12.1 Å². The highest BCUT2D eigenvalue weighted by Crippen LogP contribution is 2.17. The minimum atomic E-state index is -0.377. The molecule has 0 radical (unpaired) electrons. The smallest absolute Gasteiger partial charge is 0.317 e. The second-order valence-electron chi connectivity index (χ2n) is 6.54. The van der Waals surface area contributed by atoms with E-state index in [4.69, 9.17) is 0 Å². The van der Waals surface area contributed by atoms with Crippen molar-refractivity contribution >= 4 is 6.03 Å². The lowest BCUT2D eigenvalue weighted by atomic mass is 9.96. The van der Waals surface area contributed by atoms with Crippen LogP contribution in [0.1, 0.15) is 33.1 Å². The minimum Gasteiger partial charge on any atom is -0.391 e. The van der Waals surface area contributed by atoms with Crippen molar-refractivity contribution in [3.05, 3.63) is 0 Å². The van der Waals surface area contributed by atoms with Crippen molar-refractivity contribution < 1.29 is 9.90 Å². The zero-order valence-corrected chi connectivity index (χ0v) is 12.8. The van der Waals surface area contributed by atoms with Crippen molar-refractivity contribution in [3.63, 3.8) is 0 Å². The summed E-state index contributed by atoms with van der Waals surface area (Å²) >= 11 is 0. The lowest BCUT2D eigenvalue weighted by Gasteiger charge is -2.34. The number of hydrogen-bond donors (Lipinski definition) is 2. The molecule has 116 valence electrons. The Morgan fingerprint density at radius 3 is 2.55 bits per heavy atom. The van der Waals surface area contributed by atoms with Gasteiger partial charge in [-0.2, -0.15) is 0 Å². The predicted molar refractivity (Wildman–Crippen MR) is 79.6 cm³/mol. The Balaban J connectivity index is 1.63. The minimum absolute atomic E-state index is 0.0265. The van der Waals surface area contributed by atoms with E-state index in [0.29, 0.717) is 19.0 Å². The number of hydrogen-bond acceptors (Lipinski definition) is 3. The van der Waals surface area contributed by atoms with Gasteiger partial charge in [-0.25, -0.2) is 4.79 Å². The average molecular weight is 283 g/mol. The van der Waals surface area contributed by atoms with Crippen molar-refractivity contribution in [3.8, 4) is 0 Å². The summed E-state index contributed by atoms with van der Waals surface area (Å²) in [6.45, 7) is 9.51. The Hall–Kier alpha value is -0.810. The number of aliphatic hydroxyl groups is 1. The molecule has 2 aliphatic heterocycles. The fourth-order valence-electron chi connectivity index (χ4n) is 2.95. The maximum absolute atomic E-state index is 12.0. The van der Waals surface area contributed by atoms with E-state index < -0.39 is 0 Å². The first kappa shape index (κ1) is 15.6. The van der Waals surface area contributed by atoms with Crippen LogP contribution in [-0.4, -0.2) is 66.3 Å². The van der Waals surface area contributed by atoms with Crippen LogP contribution in [0.25, 0.3) is 0 Å². The lowest BCUT2D eigenvalue weighted by Crippen LogP contribution is -2.50. The summed E-state index contributed by atoms with van der Waals surface area (Å²) in [5.74, 6) is 1.15. The molecule has 0 aromatic carbocycles. The molecule has 2 N–H and O–H groups in total. The van der Waals surface area contributed by atoms with Crippen LogP contribution in [0, 0.1) is 11.8 Å². The van der Waals surface area contributed by atoms with Crippen LogP contribution in [0.2, 0.25) is 0 Å².